The third kappa shape index (κ3) is 2.50. The van der Waals surface area contributed by atoms with Crippen molar-refractivity contribution in [2.75, 3.05) is 11.1 Å². The van der Waals surface area contributed by atoms with Crippen molar-refractivity contribution >= 4 is 28.7 Å². The Morgan fingerprint density at radius 1 is 1.24 bits per heavy atom. The highest BCUT2D eigenvalue weighted by molar-refractivity contribution is 6.33. The van der Waals surface area contributed by atoms with Crippen LogP contribution in [0.2, 0.25) is 5.02 Å². The summed E-state index contributed by atoms with van der Waals surface area (Å²) in [4.78, 5) is 0. The Bertz CT molecular complexity index is 535. The summed E-state index contributed by atoms with van der Waals surface area (Å²) in [5, 5.41) is 3.32. The van der Waals surface area contributed by atoms with E-state index in [1.807, 2.05) is 13.0 Å². The van der Waals surface area contributed by atoms with E-state index < -0.39 is 0 Å². The highest BCUT2D eigenvalue weighted by atomic mass is 35.5. The number of nitrogens with two attached hydrogens (primary N) is 1. The SMILES string of the molecule is Cc1cc(N)ccc1Nc1c(F)cccc1Cl. The van der Waals surface area contributed by atoms with Gasteiger partial charge in [0.15, 0.2) is 0 Å². The molecule has 0 amide bonds. The average molecular weight is 251 g/mol. The van der Waals surface area contributed by atoms with Crippen molar-refractivity contribution in [3.8, 4) is 0 Å². The minimum atomic E-state index is -0.381. The van der Waals surface area contributed by atoms with Crippen molar-refractivity contribution in [2.45, 2.75) is 6.92 Å². The van der Waals surface area contributed by atoms with Gasteiger partial charge in [-0.15, -0.1) is 0 Å². The summed E-state index contributed by atoms with van der Waals surface area (Å²) in [6.45, 7) is 1.90. The maximum Gasteiger partial charge on any atom is 0.148 e. The molecule has 0 bridgehead atoms. The highest BCUT2D eigenvalue weighted by Crippen LogP contribution is 2.29. The topological polar surface area (TPSA) is 38.0 Å². The maximum absolute atomic E-state index is 13.6. The van der Waals surface area contributed by atoms with E-state index in [0.717, 1.165) is 11.3 Å². The van der Waals surface area contributed by atoms with Crippen LogP contribution in [0.1, 0.15) is 5.56 Å². The third-order valence-corrected chi connectivity index (χ3v) is 2.79. The maximum atomic E-state index is 13.6. The predicted molar refractivity (Wildman–Crippen MR) is 70.3 cm³/mol. The molecule has 0 radical (unpaired) electrons. The fourth-order valence-electron chi connectivity index (χ4n) is 1.58. The van der Waals surface area contributed by atoms with E-state index in [-0.39, 0.29) is 11.5 Å². The van der Waals surface area contributed by atoms with E-state index in [9.17, 15) is 4.39 Å². The van der Waals surface area contributed by atoms with E-state index in [4.69, 9.17) is 17.3 Å². The van der Waals surface area contributed by atoms with Gasteiger partial charge < -0.3 is 11.1 Å². The first kappa shape index (κ1) is 11.7. The molecular formula is C13H12ClFN2. The molecular weight excluding hydrogens is 239 g/mol. The summed E-state index contributed by atoms with van der Waals surface area (Å²) < 4.78 is 13.6. The van der Waals surface area contributed by atoms with Crippen LogP contribution < -0.4 is 11.1 Å². The standard InChI is InChI=1S/C13H12ClFN2/c1-8-7-9(16)5-6-12(8)17-13-10(14)3-2-4-11(13)15/h2-7,17H,16H2,1H3. The summed E-state index contributed by atoms with van der Waals surface area (Å²) >= 11 is 5.94. The lowest BCUT2D eigenvalue weighted by Crippen LogP contribution is -1.97. The molecule has 0 unspecified atom stereocenters. The first-order valence-electron chi connectivity index (χ1n) is 5.15. The highest BCUT2D eigenvalue weighted by Gasteiger charge is 2.08. The van der Waals surface area contributed by atoms with Crippen LogP contribution in [0.15, 0.2) is 36.4 Å². The van der Waals surface area contributed by atoms with Crippen molar-refractivity contribution in [1.82, 2.24) is 0 Å². The van der Waals surface area contributed by atoms with Gasteiger partial charge in [0.05, 0.1) is 10.7 Å². The Morgan fingerprint density at radius 2 is 2.00 bits per heavy atom. The van der Waals surface area contributed by atoms with Crippen LogP contribution in [0, 0.1) is 12.7 Å². The van der Waals surface area contributed by atoms with E-state index >= 15 is 0 Å². The molecule has 0 spiro atoms. The van der Waals surface area contributed by atoms with Crippen molar-refractivity contribution in [3.05, 3.63) is 52.8 Å². The van der Waals surface area contributed by atoms with Crippen LogP contribution in [0.3, 0.4) is 0 Å². The predicted octanol–water partition coefficient (Wildman–Crippen LogP) is 4.11. The van der Waals surface area contributed by atoms with Crippen molar-refractivity contribution in [2.24, 2.45) is 0 Å². The Hall–Kier alpha value is -1.74. The monoisotopic (exact) mass is 250 g/mol. The molecule has 3 N–H and O–H groups in total. The number of aryl methyl sites for hydroxylation is 1. The molecule has 2 nitrogen and oxygen atoms in total. The molecule has 4 heteroatoms. The Labute approximate surface area is 104 Å². The summed E-state index contributed by atoms with van der Waals surface area (Å²) in [5.41, 5.74) is 8.32. The molecule has 2 aromatic rings. The zero-order valence-electron chi connectivity index (χ0n) is 9.30. The molecule has 0 fully saturated rings. The minimum Gasteiger partial charge on any atom is -0.399 e. The number of anilines is 3. The number of nitrogen functional groups attached to an aromatic ring is 1. The number of halogens is 2. The normalized spacial score (nSPS) is 10.3. The number of hydrogen-bond acceptors (Lipinski definition) is 2. The van der Waals surface area contributed by atoms with E-state index in [0.29, 0.717) is 10.7 Å². The zero-order valence-corrected chi connectivity index (χ0v) is 10.1. The molecule has 2 rings (SSSR count). The Balaban J connectivity index is 2.38. The number of rotatable bonds is 2. The van der Waals surface area contributed by atoms with E-state index in [1.165, 1.54) is 6.07 Å². The summed E-state index contributed by atoms with van der Waals surface area (Å²) in [7, 11) is 0. The second-order valence-corrected chi connectivity index (χ2v) is 4.20. The molecule has 0 atom stereocenters. The van der Waals surface area contributed by atoms with Gasteiger partial charge in [0.2, 0.25) is 0 Å². The second kappa shape index (κ2) is 4.63. The van der Waals surface area contributed by atoms with Gasteiger partial charge in [0, 0.05) is 11.4 Å². The molecule has 0 aliphatic carbocycles. The number of para-hydroxylation sites is 1. The molecule has 0 aliphatic heterocycles. The third-order valence-electron chi connectivity index (χ3n) is 2.47. The molecule has 2 aromatic carbocycles. The molecule has 0 aromatic heterocycles. The van der Waals surface area contributed by atoms with E-state index in [1.54, 1.807) is 24.3 Å². The van der Waals surface area contributed by atoms with Crippen LogP contribution in [0.5, 0.6) is 0 Å². The van der Waals surface area contributed by atoms with Crippen LogP contribution >= 0.6 is 11.6 Å². The first-order valence-corrected chi connectivity index (χ1v) is 5.53. The lowest BCUT2D eigenvalue weighted by atomic mass is 10.1. The number of hydrogen-bond donors (Lipinski definition) is 2. The van der Waals surface area contributed by atoms with Gasteiger partial charge in [-0.25, -0.2) is 4.39 Å². The lowest BCUT2D eigenvalue weighted by molar-refractivity contribution is 0.632. The van der Waals surface area contributed by atoms with Crippen LogP contribution in [0.4, 0.5) is 21.5 Å². The molecule has 0 saturated carbocycles. The quantitative estimate of drug-likeness (QED) is 0.787. The smallest absolute Gasteiger partial charge is 0.148 e. The van der Waals surface area contributed by atoms with Gasteiger partial charge in [0.1, 0.15) is 5.82 Å². The second-order valence-electron chi connectivity index (χ2n) is 3.80. The van der Waals surface area contributed by atoms with Crippen molar-refractivity contribution < 1.29 is 4.39 Å². The van der Waals surface area contributed by atoms with Gasteiger partial charge in [0.25, 0.3) is 0 Å². The number of benzene rings is 2. The molecule has 0 heterocycles. The fraction of sp³-hybridized carbons (Fsp3) is 0.0769. The average Bonchev–Trinajstić information content (AvgIpc) is 2.26. The van der Waals surface area contributed by atoms with Gasteiger partial charge in [-0.3, -0.25) is 0 Å². The first-order chi connectivity index (χ1) is 8.08. The van der Waals surface area contributed by atoms with Gasteiger partial charge in [-0.1, -0.05) is 17.7 Å². The van der Waals surface area contributed by atoms with Crippen molar-refractivity contribution in [3.63, 3.8) is 0 Å². The van der Waals surface area contributed by atoms with Crippen LogP contribution in [-0.4, -0.2) is 0 Å². The molecule has 0 aliphatic rings. The fourth-order valence-corrected chi connectivity index (χ4v) is 1.79. The Morgan fingerprint density at radius 3 is 2.65 bits per heavy atom. The summed E-state index contributed by atoms with van der Waals surface area (Å²) in [6, 6.07) is 9.94. The molecule has 0 saturated heterocycles. The molecule has 17 heavy (non-hydrogen) atoms. The van der Waals surface area contributed by atoms with Crippen molar-refractivity contribution in [1.29, 1.82) is 0 Å². The van der Waals surface area contributed by atoms with Crippen LogP contribution in [-0.2, 0) is 0 Å². The molecule has 88 valence electrons. The zero-order chi connectivity index (χ0) is 12.4. The Kier molecular flexibility index (Phi) is 3.20. The summed E-state index contributed by atoms with van der Waals surface area (Å²) in [5.74, 6) is -0.381. The summed E-state index contributed by atoms with van der Waals surface area (Å²) in [6.07, 6.45) is 0. The van der Waals surface area contributed by atoms with E-state index in [2.05, 4.69) is 5.32 Å². The van der Waals surface area contributed by atoms with Gasteiger partial charge >= 0.3 is 0 Å². The number of nitrogens with one attached hydrogen (secondary N) is 1. The lowest BCUT2D eigenvalue weighted by Gasteiger charge is -2.12. The largest absolute Gasteiger partial charge is 0.399 e. The minimum absolute atomic E-state index is 0.280. The van der Waals surface area contributed by atoms with Crippen LogP contribution in [0.25, 0.3) is 0 Å². The van der Waals surface area contributed by atoms with Gasteiger partial charge in [-0.2, -0.15) is 0 Å². The van der Waals surface area contributed by atoms with Gasteiger partial charge in [-0.05, 0) is 42.8 Å².